The molecule has 166 valence electrons. The zero-order valence-electron chi connectivity index (χ0n) is 18.3. The molecule has 0 aliphatic carbocycles. The Hall–Kier alpha value is -2.97. The van der Waals surface area contributed by atoms with Gasteiger partial charge in [-0.1, -0.05) is 29.5 Å². The summed E-state index contributed by atoms with van der Waals surface area (Å²) in [5, 5.41) is 1.97. The SMILES string of the molecule is CCOc1ccc([C@H]2C(C(=O)OC(C)C)=C(C)N=c3s/c(=C/c4cccs4)c(=O)n32)cc1. The molecule has 0 spiro atoms. The van der Waals surface area contributed by atoms with Crippen LogP contribution in [0.2, 0.25) is 0 Å². The van der Waals surface area contributed by atoms with Crippen LogP contribution in [0, 0.1) is 0 Å². The van der Waals surface area contributed by atoms with Gasteiger partial charge in [0, 0.05) is 4.88 Å². The Bertz CT molecular complexity index is 1330. The average molecular weight is 469 g/mol. The van der Waals surface area contributed by atoms with Crippen LogP contribution in [0.5, 0.6) is 5.75 Å². The summed E-state index contributed by atoms with van der Waals surface area (Å²) in [7, 11) is 0. The van der Waals surface area contributed by atoms with E-state index in [2.05, 4.69) is 4.99 Å². The summed E-state index contributed by atoms with van der Waals surface area (Å²) in [6, 6.07) is 10.7. The molecule has 0 saturated heterocycles. The lowest BCUT2D eigenvalue weighted by Crippen LogP contribution is -2.40. The highest BCUT2D eigenvalue weighted by atomic mass is 32.1. The van der Waals surface area contributed by atoms with Crippen molar-refractivity contribution in [3.8, 4) is 5.75 Å². The molecule has 0 radical (unpaired) electrons. The van der Waals surface area contributed by atoms with Crippen molar-refractivity contribution in [3.63, 3.8) is 0 Å². The van der Waals surface area contributed by atoms with E-state index >= 15 is 0 Å². The van der Waals surface area contributed by atoms with Crippen molar-refractivity contribution in [2.24, 2.45) is 4.99 Å². The normalized spacial score (nSPS) is 16.2. The molecule has 32 heavy (non-hydrogen) atoms. The second-order valence-corrected chi connectivity index (χ2v) is 9.54. The van der Waals surface area contributed by atoms with E-state index in [0.29, 0.717) is 27.2 Å². The minimum atomic E-state index is -0.626. The largest absolute Gasteiger partial charge is 0.494 e. The van der Waals surface area contributed by atoms with Gasteiger partial charge in [0.25, 0.3) is 5.56 Å². The molecule has 1 atom stereocenters. The van der Waals surface area contributed by atoms with Crippen LogP contribution in [0.1, 0.15) is 44.2 Å². The summed E-state index contributed by atoms with van der Waals surface area (Å²) >= 11 is 2.89. The fraction of sp³-hybridized carbons (Fsp3) is 0.292. The predicted octanol–water partition coefficient (Wildman–Crippen LogP) is 3.65. The molecule has 0 unspecified atom stereocenters. The first-order chi connectivity index (χ1) is 15.4. The second kappa shape index (κ2) is 9.26. The fourth-order valence-corrected chi connectivity index (χ4v) is 5.36. The van der Waals surface area contributed by atoms with Crippen LogP contribution in [-0.2, 0) is 9.53 Å². The molecule has 0 N–H and O–H groups in total. The van der Waals surface area contributed by atoms with Gasteiger partial charge in [-0.2, -0.15) is 0 Å². The zero-order chi connectivity index (χ0) is 22.8. The Morgan fingerprint density at radius 3 is 2.62 bits per heavy atom. The summed E-state index contributed by atoms with van der Waals surface area (Å²) in [6.45, 7) is 7.87. The molecule has 1 aliphatic heterocycles. The van der Waals surface area contributed by atoms with Crippen LogP contribution in [0.4, 0.5) is 0 Å². The van der Waals surface area contributed by atoms with E-state index in [1.165, 1.54) is 11.3 Å². The maximum atomic E-state index is 13.5. The summed E-state index contributed by atoms with van der Waals surface area (Å²) in [6.07, 6.45) is 1.59. The van der Waals surface area contributed by atoms with E-state index in [9.17, 15) is 9.59 Å². The monoisotopic (exact) mass is 468 g/mol. The van der Waals surface area contributed by atoms with E-state index < -0.39 is 12.0 Å². The van der Waals surface area contributed by atoms with Crippen LogP contribution in [0.3, 0.4) is 0 Å². The first-order valence-corrected chi connectivity index (χ1v) is 12.1. The van der Waals surface area contributed by atoms with Crippen molar-refractivity contribution in [3.05, 3.63) is 83.2 Å². The highest BCUT2D eigenvalue weighted by Crippen LogP contribution is 2.32. The van der Waals surface area contributed by atoms with Gasteiger partial charge in [-0.05, 0) is 62.9 Å². The third kappa shape index (κ3) is 4.33. The highest BCUT2D eigenvalue weighted by molar-refractivity contribution is 7.11. The number of hydrogen-bond acceptors (Lipinski definition) is 7. The Labute approximate surface area is 193 Å². The highest BCUT2D eigenvalue weighted by Gasteiger charge is 2.33. The van der Waals surface area contributed by atoms with Crippen molar-refractivity contribution < 1.29 is 14.3 Å². The molecular formula is C24H24N2O4S2. The summed E-state index contributed by atoms with van der Waals surface area (Å²) in [4.78, 5) is 32.7. The number of carbonyl (C=O) groups is 1. The third-order valence-corrected chi connectivity index (χ3v) is 6.71. The Kier molecular flexibility index (Phi) is 6.43. The fourth-order valence-electron chi connectivity index (χ4n) is 3.59. The number of esters is 1. The number of thiophene rings is 1. The molecule has 0 amide bonds. The number of fused-ring (bicyclic) bond motifs is 1. The molecule has 2 aromatic heterocycles. The number of carbonyl (C=O) groups excluding carboxylic acids is 1. The number of hydrogen-bond donors (Lipinski definition) is 0. The van der Waals surface area contributed by atoms with Crippen LogP contribution >= 0.6 is 22.7 Å². The van der Waals surface area contributed by atoms with Gasteiger partial charge in [-0.25, -0.2) is 9.79 Å². The van der Waals surface area contributed by atoms with Gasteiger partial charge in [0.05, 0.1) is 34.6 Å². The number of thiazole rings is 1. The first kappa shape index (κ1) is 22.2. The van der Waals surface area contributed by atoms with Crippen molar-refractivity contribution in [1.82, 2.24) is 4.57 Å². The van der Waals surface area contributed by atoms with Crippen molar-refractivity contribution >= 4 is 34.7 Å². The summed E-state index contributed by atoms with van der Waals surface area (Å²) in [5.41, 5.74) is 1.54. The van der Waals surface area contributed by atoms with Gasteiger partial charge in [-0.15, -0.1) is 11.3 Å². The van der Waals surface area contributed by atoms with Gasteiger partial charge < -0.3 is 9.47 Å². The number of nitrogens with zero attached hydrogens (tertiary/aromatic N) is 2. The summed E-state index contributed by atoms with van der Waals surface area (Å²) < 4.78 is 13.3. The molecule has 3 heterocycles. The second-order valence-electron chi connectivity index (χ2n) is 7.55. The molecule has 1 aromatic carbocycles. The lowest BCUT2D eigenvalue weighted by molar-refractivity contribution is -0.143. The van der Waals surface area contributed by atoms with Gasteiger partial charge >= 0.3 is 5.97 Å². The van der Waals surface area contributed by atoms with Gasteiger partial charge in [-0.3, -0.25) is 9.36 Å². The Morgan fingerprint density at radius 2 is 2.00 bits per heavy atom. The summed E-state index contributed by atoms with van der Waals surface area (Å²) in [5.74, 6) is 0.265. The molecule has 6 nitrogen and oxygen atoms in total. The molecule has 0 saturated carbocycles. The lowest BCUT2D eigenvalue weighted by Gasteiger charge is -2.25. The van der Waals surface area contributed by atoms with Crippen LogP contribution in [0.25, 0.3) is 6.08 Å². The standard InChI is InChI=1S/C24H24N2O4S2/c1-5-29-17-10-8-16(9-11-17)21-20(23(28)30-14(2)3)15(4)25-24-26(21)22(27)19(32-24)13-18-7-6-12-31-18/h6-14,21H,5H2,1-4H3/b19-13+/t21-/m0/s1. The van der Waals surface area contributed by atoms with E-state index in [4.69, 9.17) is 9.47 Å². The van der Waals surface area contributed by atoms with Crippen molar-refractivity contribution in [2.75, 3.05) is 6.61 Å². The smallest absolute Gasteiger partial charge is 0.338 e. The number of ether oxygens (including phenoxy) is 2. The number of aromatic nitrogens is 1. The first-order valence-electron chi connectivity index (χ1n) is 10.4. The maximum Gasteiger partial charge on any atom is 0.338 e. The Morgan fingerprint density at radius 1 is 1.25 bits per heavy atom. The van der Waals surface area contributed by atoms with Gasteiger partial charge in [0.2, 0.25) is 0 Å². The minimum absolute atomic E-state index is 0.177. The van der Waals surface area contributed by atoms with Crippen molar-refractivity contribution in [1.29, 1.82) is 0 Å². The van der Waals surface area contributed by atoms with Gasteiger partial charge in [0.1, 0.15) is 5.75 Å². The van der Waals surface area contributed by atoms with E-state index in [1.807, 2.05) is 54.8 Å². The predicted molar refractivity (Wildman–Crippen MR) is 127 cm³/mol. The Balaban J connectivity index is 1.91. The average Bonchev–Trinajstić information content (AvgIpc) is 3.36. The molecule has 1 aliphatic rings. The molecule has 8 heteroatoms. The van der Waals surface area contributed by atoms with Crippen molar-refractivity contribution in [2.45, 2.75) is 39.8 Å². The molecular weight excluding hydrogens is 444 g/mol. The van der Waals surface area contributed by atoms with Crippen LogP contribution in [0.15, 0.2) is 62.8 Å². The minimum Gasteiger partial charge on any atom is -0.494 e. The number of rotatable bonds is 6. The number of benzene rings is 1. The topological polar surface area (TPSA) is 69.9 Å². The molecule has 4 rings (SSSR count). The van der Waals surface area contributed by atoms with Crippen LogP contribution < -0.4 is 19.6 Å². The van der Waals surface area contributed by atoms with E-state index in [-0.39, 0.29) is 11.7 Å². The quantitative estimate of drug-likeness (QED) is 0.518. The molecule has 3 aromatic rings. The molecule has 0 bridgehead atoms. The lowest BCUT2D eigenvalue weighted by atomic mass is 9.96. The van der Waals surface area contributed by atoms with E-state index in [0.717, 1.165) is 16.2 Å². The molecule has 0 fully saturated rings. The maximum absolute atomic E-state index is 13.5. The van der Waals surface area contributed by atoms with Gasteiger partial charge in [0.15, 0.2) is 4.80 Å². The number of allylic oxidation sites excluding steroid dienone is 1. The van der Waals surface area contributed by atoms with Crippen LogP contribution in [-0.4, -0.2) is 23.2 Å². The third-order valence-electron chi connectivity index (χ3n) is 4.91. The van der Waals surface area contributed by atoms with E-state index in [1.54, 1.807) is 36.7 Å². The zero-order valence-corrected chi connectivity index (χ0v) is 20.0.